The fraction of sp³-hybridized carbons (Fsp3) is 0.308. The van der Waals surface area contributed by atoms with E-state index in [1.807, 2.05) is 24.3 Å². The molecule has 0 aliphatic heterocycles. The summed E-state index contributed by atoms with van der Waals surface area (Å²) in [7, 11) is 0. The normalized spacial score (nSPS) is 12.3. The minimum Gasteiger partial charge on any atom is -0.481 e. The molecule has 19 heavy (non-hydrogen) atoms. The highest BCUT2D eigenvalue weighted by Crippen LogP contribution is 2.12. The summed E-state index contributed by atoms with van der Waals surface area (Å²) in [4.78, 5) is 22.4. The van der Waals surface area contributed by atoms with Crippen LogP contribution in [-0.4, -0.2) is 33.3 Å². The summed E-state index contributed by atoms with van der Waals surface area (Å²) >= 11 is 0. The van der Waals surface area contributed by atoms with E-state index in [0.717, 1.165) is 10.9 Å². The molecule has 0 spiro atoms. The molecule has 100 valence electrons. The first kappa shape index (κ1) is 13.1. The number of aliphatic carboxylic acids is 1. The number of rotatable bonds is 5. The number of carbonyl (C=O) groups is 2. The van der Waals surface area contributed by atoms with Crippen LogP contribution >= 0.6 is 0 Å². The number of hydrogen-bond donors (Lipinski definition) is 2. The molecule has 2 aromatic rings. The summed E-state index contributed by atoms with van der Waals surface area (Å²) in [6, 6.07) is 7.59. The second-order valence-electron chi connectivity index (χ2n) is 4.40. The summed E-state index contributed by atoms with van der Waals surface area (Å²) < 4.78 is 1.59. The molecule has 1 atom stereocenters. The van der Waals surface area contributed by atoms with E-state index in [4.69, 9.17) is 5.11 Å². The van der Waals surface area contributed by atoms with Gasteiger partial charge in [-0.3, -0.25) is 14.3 Å². The zero-order valence-electron chi connectivity index (χ0n) is 10.5. The maximum absolute atomic E-state index is 11.7. The lowest BCUT2D eigenvalue weighted by atomic mass is 10.2. The van der Waals surface area contributed by atoms with Crippen molar-refractivity contribution in [2.75, 3.05) is 6.54 Å². The third kappa shape index (κ3) is 3.09. The highest BCUT2D eigenvalue weighted by molar-refractivity contribution is 5.82. The predicted molar refractivity (Wildman–Crippen MR) is 69.5 cm³/mol. The number of nitrogens with one attached hydrogen (secondary N) is 1. The summed E-state index contributed by atoms with van der Waals surface area (Å²) in [5, 5.41) is 16.4. The molecule has 0 saturated heterocycles. The summed E-state index contributed by atoms with van der Waals surface area (Å²) in [6.45, 7) is 1.75. The lowest BCUT2D eigenvalue weighted by molar-refractivity contribution is -0.141. The lowest BCUT2D eigenvalue weighted by Gasteiger charge is -2.08. The fourth-order valence-electron chi connectivity index (χ4n) is 1.70. The summed E-state index contributed by atoms with van der Waals surface area (Å²) in [5.41, 5.74) is 0.879. The number of amides is 1. The maximum atomic E-state index is 11.7. The SMILES string of the molecule is C[C@@H](CNC(=O)Cn1ncc2ccccc21)C(=O)O. The lowest BCUT2D eigenvalue weighted by Crippen LogP contribution is -2.33. The molecule has 0 radical (unpaired) electrons. The topological polar surface area (TPSA) is 84.2 Å². The summed E-state index contributed by atoms with van der Waals surface area (Å²) in [5.74, 6) is -1.77. The molecule has 1 heterocycles. The van der Waals surface area contributed by atoms with Gasteiger partial charge in [0.1, 0.15) is 6.54 Å². The first-order valence-corrected chi connectivity index (χ1v) is 5.98. The molecule has 6 nitrogen and oxygen atoms in total. The van der Waals surface area contributed by atoms with Gasteiger partial charge in [0.25, 0.3) is 0 Å². The van der Waals surface area contributed by atoms with E-state index in [2.05, 4.69) is 10.4 Å². The van der Waals surface area contributed by atoms with Crippen LogP contribution in [0.3, 0.4) is 0 Å². The highest BCUT2D eigenvalue weighted by Gasteiger charge is 2.13. The van der Waals surface area contributed by atoms with Gasteiger partial charge in [-0.05, 0) is 6.07 Å². The van der Waals surface area contributed by atoms with Gasteiger partial charge < -0.3 is 10.4 Å². The van der Waals surface area contributed by atoms with Crippen LogP contribution in [0, 0.1) is 5.92 Å². The van der Waals surface area contributed by atoms with Crippen LogP contribution in [0.15, 0.2) is 30.5 Å². The zero-order chi connectivity index (χ0) is 13.8. The Morgan fingerprint density at radius 1 is 1.42 bits per heavy atom. The largest absolute Gasteiger partial charge is 0.481 e. The van der Waals surface area contributed by atoms with E-state index in [0.29, 0.717) is 0 Å². The Bertz CT molecular complexity index is 606. The Kier molecular flexibility index (Phi) is 3.79. The van der Waals surface area contributed by atoms with Gasteiger partial charge >= 0.3 is 5.97 Å². The average molecular weight is 261 g/mol. The Hall–Kier alpha value is -2.37. The van der Waals surface area contributed by atoms with Crippen molar-refractivity contribution in [3.05, 3.63) is 30.5 Å². The summed E-state index contributed by atoms with van der Waals surface area (Å²) in [6.07, 6.45) is 1.70. The third-order valence-electron chi connectivity index (χ3n) is 2.87. The second kappa shape index (κ2) is 5.51. The van der Waals surface area contributed by atoms with Crippen molar-refractivity contribution in [3.8, 4) is 0 Å². The Balaban J connectivity index is 1.97. The number of carboxylic acid groups (broad SMARTS) is 1. The molecule has 6 heteroatoms. The second-order valence-corrected chi connectivity index (χ2v) is 4.40. The zero-order valence-corrected chi connectivity index (χ0v) is 10.5. The molecule has 2 N–H and O–H groups in total. The number of carbonyl (C=O) groups excluding carboxylic acids is 1. The van der Waals surface area contributed by atoms with Crippen molar-refractivity contribution < 1.29 is 14.7 Å². The van der Waals surface area contributed by atoms with E-state index in [1.54, 1.807) is 17.8 Å². The van der Waals surface area contributed by atoms with E-state index in [9.17, 15) is 9.59 Å². The predicted octanol–water partition coefficient (Wildman–Crippen LogP) is 0.873. The smallest absolute Gasteiger partial charge is 0.308 e. The van der Waals surface area contributed by atoms with E-state index in [-0.39, 0.29) is 19.0 Å². The van der Waals surface area contributed by atoms with Crippen LogP contribution in [0.4, 0.5) is 0 Å². The van der Waals surface area contributed by atoms with Gasteiger partial charge in [-0.1, -0.05) is 25.1 Å². The number of hydrogen-bond acceptors (Lipinski definition) is 3. The molecular formula is C13H15N3O3. The number of aromatic nitrogens is 2. The highest BCUT2D eigenvalue weighted by atomic mass is 16.4. The monoisotopic (exact) mass is 261 g/mol. The Morgan fingerprint density at radius 3 is 2.89 bits per heavy atom. The minimum atomic E-state index is -0.926. The number of para-hydroxylation sites is 1. The van der Waals surface area contributed by atoms with Crippen LogP contribution in [-0.2, 0) is 16.1 Å². The van der Waals surface area contributed by atoms with Crippen molar-refractivity contribution in [1.82, 2.24) is 15.1 Å². The standard InChI is InChI=1S/C13H15N3O3/c1-9(13(18)19)6-14-12(17)8-16-11-5-3-2-4-10(11)7-15-16/h2-5,7,9H,6,8H2,1H3,(H,14,17)(H,18,19)/t9-/m0/s1. The van der Waals surface area contributed by atoms with E-state index >= 15 is 0 Å². The van der Waals surface area contributed by atoms with Gasteiger partial charge in [0.15, 0.2) is 0 Å². The van der Waals surface area contributed by atoms with Crippen molar-refractivity contribution in [3.63, 3.8) is 0 Å². The van der Waals surface area contributed by atoms with Gasteiger partial charge in [0.05, 0.1) is 17.6 Å². The number of carboxylic acids is 1. The number of benzene rings is 1. The van der Waals surface area contributed by atoms with E-state index in [1.165, 1.54) is 0 Å². The van der Waals surface area contributed by atoms with Crippen LogP contribution < -0.4 is 5.32 Å². The molecule has 0 fully saturated rings. The van der Waals surface area contributed by atoms with Gasteiger partial charge in [0.2, 0.25) is 5.91 Å². The molecule has 1 aromatic heterocycles. The molecule has 0 unspecified atom stereocenters. The molecule has 0 aliphatic rings. The van der Waals surface area contributed by atoms with Gasteiger partial charge in [-0.2, -0.15) is 5.10 Å². The van der Waals surface area contributed by atoms with Crippen molar-refractivity contribution >= 4 is 22.8 Å². The molecular weight excluding hydrogens is 246 g/mol. The number of nitrogens with zero attached hydrogens (tertiary/aromatic N) is 2. The molecule has 2 rings (SSSR count). The maximum Gasteiger partial charge on any atom is 0.308 e. The quantitative estimate of drug-likeness (QED) is 0.836. The van der Waals surface area contributed by atoms with Crippen molar-refractivity contribution in [2.45, 2.75) is 13.5 Å². The third-order valence-corrected chi connectivity index (χ3v) is 2.87. The van der Waals surface area contributed by atoms with Crippen molar-refractivity contribution in [1.29, 1.82) is 0 Å². The van der Waals surface area contributed by atoms with Crippen LogP contribution in [0.25, 0.3) is 10.9 Å². The Labute approximate surface area is 110 Å². The van der Waals surface area contributed by atoms with Gasteiger partial charge in [-0.25, -0.2) is 0 Å². The van der Waals surface area contributed by atoms with Gasteiger partial charge in [0, 0.05) is 11.9 Å². The van der Waals surface area contributed by atoms with Crippen LogP contribution in [0.2, 0.25) is 0 Å². The molecule has 0 saturated carbocycles. The van der Waals surface area contributed by atoms with E-state index < -0.39 is 11.9 Å². The van der Waals surface area contributed by atoms with Crippen LogP contribution in [0.5, 0.6) is 0 Å². The molecule has 0 bridgehead atoms. The minimum absolute atomic E-state index is 0.0832. The van der Waals surface area contributed by atoms with Gasteiger partial charge in [-0.15, -0.1) is 0 Å². The van der Waals surface area contributed by atoms with Crippen molar-refractivity contribution in [2.24, 2.45) is 5.92 Å². The number of fused-ring (bicyclic) bond motifs is 1. The first-order valence-electron chi connectivity index (χ1n) is 5.98. The van der Waals surface area contributed by atoms with Crippen LogP contribution in [0.1, 0.15) is 6.92 Å². The average Bonchev–Trinajstić information content (AvgIpc) is 2.79. The fourth-order valence-corrected chi connectivity index (χ4v) is 1.70. The molecule has 0 aliphatic carbocycles. The first-order chi connectivity index (χ1) is 9.08. The molecule has 1 aromatic carbocycles. The Morgan fingerprint density at radius 2 is 2.16 bits per heavy atom. The molecule has 1 amide bonds.